The lowest BCUT2D eigenvalue weighted by Gasteiger charge is -2.08. The highest BCUT2D eigenvalue weighted by Gasteiger charge is 2.06. The molecule has 68 valence electrons. The summed E-state index contributed by atoms with van der Waals surface area (Å²) in [7, 11) is 0. The standard InChI is InChI=1S/C10H15BrS/c1-3-4-8(2)7-9-5-6-12-10(9)11/h5-6,8H,3-4,7H2,1-2H3. The van der Waals surface area contributed by atoms with Gasteiger partial charge in [-0.1, -0.05) is 26.7 Å². The lowest BCUT2D eigenvalue weighted by atomic mass is 9.99. The second-order valence-electron chi connectivity index (χ2n) is 3.32. The molecule has 0 spiro atoms. The maximum Gasteiger partial charge on any atom is 0.0730 e. The summed E-state index contributed by atoms with van der Waals surface area (Å²) in [5, 5.41) is 2.15. The van der Waals surface area contributed by atoms with E-state index in [9.17, 15) is 0 Å². The third-order valence-electron chi connectivity index (χ3n) is 2.04. The maximum absolute atomic E-state index is 3.56. The highest BCUT2D eigenvalue weighted by atomic mass is 79.9. The van der Waals surface area contributed by atoms with Crippen molar-refractivity contribution in [3.8, 4) is 0 Å². The fourth-order valence-electron chi connectivity index (χ4n) is 1.44. The molecule has 0 radical (unpaired) electrons. The average Bonchev–Trinajstić information content (AvgIpc) is 2.37. The van der Waals surface area contributed by atoms with Crippen molar-refractivity contribution < 1.29 is 0 Å². The molecule has 0 aliphatic heterocycles. The molecule has 0 aliphatic carbocycles. The van der Waals surface area contributed by atoms with Crippen LogP contribution >= 0.6 is 27.3 Å². The highest BCUT2D eigenvalue weighted by molar-refractivity contribution is 9.11. The minimum Gasteiger partial charge on any atom is -0.137 e. The van der Waals surface area contributed by atoms with Gasteiger partial charge in [0.15, 0.2) is 0 Å². The Morgan fingerprint density at radius 2 is 2.33 bits per heavy atom. The van der Waals surface area contributed by atoms with Gasteiger partial charge in [0.2, 0.25) is 0 Å². The Kier molecular flexibility index (Phi) is 4.30. The molecule has 1 rings (SSSR count). The molecule has 1 atom stereocenters. The summed E-state index contributed by atoms with van der Waals surface area (Å²) in [6, 6.07) is 2.22. The van der Waals surface area contributed by atoms with Crippen LogP contribution in [0, 0.1) is 5.92 Å². The van der Waals surface area contributed by atoms with Crippen molar-refractivity contribution in [2.45, 2.75) is 33.1 Å². The summed E-state index contributed by atoms with van der Waals surface area (Å²) >= 11 is 5.35. The zero-order valence-electron chi connectivity index (χ0n) is 7.64. The predicted molar refractivity (Wildman–Crippen MR) is 59.8 cm³/mol. The Hall–Kier alpha value is 0.180. The topological polar surface area (TPSA) is 0 Å². The summed E-state index contributed by atoms with van der Waals surface area (Å²) in [4.78, 5) is 0. The molecule has 12 heavy (non-hydrogen) atoms. The Bertz CT molecular complexity index is 229. The monoisotopic (exact) mass is 246 g/mol. The summed E-state index contributed by atoms with van der Waals surface area (Å²) in [5.74, 6) is 0.820. The van der Waals surface area contributed by atoms with Crippen molar-refractivity contribution in [3.05, 3.63) is 20.8 Å². The van der Waals surface area contributed by atoms with Crippen LogP contribution in [0.15, 0.2) is 15.2 Å². The molecule has 0 saturated carbocycles. The van der Waals surface area contributed by atoms with E-state index >= 15 is 0 Å². The van der Waals surface area contributed by atoms with E-state index in [1.807, 2.05) is 0 Å². The molecule has 0 aliphatic rings. The van der Waals surface area contributed by atoms with Crippen LogP contribution < -0.4 is 0 Å². The maximum atomic E-state index is 3.56. The number of hydrogen-bond acceptors (Lipinski definition) is 1. The first-order chi connectivity index (χ1) is 5.74. The summed E-state index contributed by atoms with van der Waals surface area (Å²) < 4.78 is 1.31. The van der Waals surface area contributed by atoms with Gasteiger partial charge in [-0.25, -0.2) is 0 Å². The van der Waals surface area contributed by atoms with Crippen LogP contribution in [0.4, 0.5) is 0 Å². The first-order valence-corrected chi connectivity index (χ1v) is 6.13. The van der Waals surface area contributed by atoms with E-state index in [0.717, 1.165) is 5.92 Å². The zero-order chi connectivity index (χ0) is 8.97. The molecule has 0 N–H and O–H groups in total. The molecule has 0 saturated heterocycles. The number of rotatable bonds is 4. The fourth-order valence-corrected chi connectivity index (χ4v) is 2.71. The molecule has 0 amide bonds. The SMILES string of the molecule is CCCC(C)Cc1ccsc1Br. The molecule has 0 bridgehead atoms. The van der Waals surface area contributed by atoms with Gasteiger partial charge in [-0.15, -0.1) is 11.3 Å². The van der Waals surface area contributed by atoms with Gasteiger partial charge in [0.25, 0.3) is 0 Å². The van der Waals surface area contributed by atoms with Crippen LogP contribution in [0.3, 0.4) is 0 Å². The van der Waals surface area contributed by atoms with Crippen molar-refractivity contribution in [2.24, 2.45) is 5.92 Å². The van der Waals surface area contributed by atoms with Gasteiger partial charge in [0.05, 0.1) is 3.79 Å². The van der Waals surface area contributed by atoms with Gasteiger partial charge in [-0.3, -0.25) is 0 Å². The van der Waals surface area contributed by atoms with Crippen LogP contribution in [0.25, 0.3) is 0 Å². The van der Waals surface area contributed by atoms with E-state index in [0.29, 0.717) is 0 Å². The first kappa shape index (κ1) is 10.3. The van der Waals surface area contributed by atoms with Crippen molar-refractivity contribution in [3.63, 3.8) is 0 Å². The van der Waals surface area contributed by atoms with Gasteiger partial charge >= 0.3 is 0 Å². The first-order valence-electron chi connectivity index (χ1n) is 4.46. The molecule has 0 nitrogen and oxygen atoms in total. The molecule has 2 heteroatoms. The Balaban J connectivity index is 2.46. The van der Waals surface area contributed by atoms with Gasteiger partial charge in [-0.05, 0) is 45.3 Å². The molecule has 1 heterocycles. The molecule has 0 fully saturated rings. The molecule has 1 unspecified atom stereocenters. The molecular weight excluding hydrogens is 232 g/mol. The van der Waals surface area contributed by atoms with Gasteiger partial charge < -0.3 is 0 Å². The van der Waals surface area contributed by atoms with E-state index in [1.54, 1.807) is 11.3 Å². The zero-order valence-corrected chi connectivity index (χ0v) is 10.0. The number of hydrogen-bond donors (Lipinski definition) is 0. The van der Waals surface area contributed by atoms with E-state index < -0.39 is 0 Å². The van der Waals surface area contributed by atoms with Crippen LogP contribution in [0.2, 0.25) is 0 Å². The summed E-state index contributed by atoms with van der Waals surface area (Å²) in [6.45, 7) is 4.58. The van der Waals surface area contributed by atoms with Crippen LogP contribution in [-0.2, 0) is 6.42 Å². The normalized spacial score (nSPS) is 13.2. The molecular formula is C10H15BrS. The second kappa shape index (κ2) is 5.03. The minimum atomic E-state index is 0.820. The predicted octanol–water partition coefficient (Wildman–Crippen LogP) is 4.49. The fraction of sp³-hybridized carbons (Fsp3) is 0.600. The van der Waals surface area contributed by atoms with Crippen molar-refractivity contribution in [2.75, 3.05) is 0 Å². The number of halogens is 1. The minimum absolute atomic E-state index is 0.820. The molecule has 0 aromatic carbocycles. The Morgan fingerprint density at radius 3 is 2.83 bits per heavy atom. The average molecular weight is 247 g/mol. The lowest BCUT2D eigenvalue weighted by molar-refractivity contribution is 0.522. The molecule has 1 aromatic heterocycles. The largest absolute Gasteiger partial charge is 0.137 e. The summed E-state index contributed by atoms with van der Waals surface area (Å²) in [5.41, 5.74) is 1.47. The lowest BCUT2D eigenvalue weighted by Crippen LogP contribution is -1.97. The molecule has 1 aromatic rings. The van der Waals surface area contributed by atoms with Crippen molar-refractivity contribution >= 4 is 27.3 Å². The van der Waals surface area contributed by atoms with Gasteiger partial charge in [0, 0.05) is 0 Å². The second-order valence-corrected chi connectivity index (χ2v) is 5.55. The highest BCUT2D eigenvalue weighted by Crippen LogP contribution is 2.26. The van der Waals surface area contributed by atoms with Crippen molar-refractivity contribution in [1.82, 2.24) is 0 Å². The van der Waals surface area contributed by atoms with E-state index in [-0.39, 0.29) is 0 Å². The van der Waals surface area contributed by atoms with Gasteiger partial charge in [-0.2, -0.15) is 0 Å². The van der Waals surface area contributed by atoms with Crippen LogP contribution in [-0.4, -0.2) is 0 Å². The smallest absolute Gasteiger partial charge is 0.0730 e. The van der Waals surface area contributed by atoms with Crippen LogP contribution in [0.5, 0.6) is 0 Å². The Labute approximate surface area is 87.1 Å². The van der Waals surface area contributed by atoms with E-state index in [2.05, 4.69) is 41.2 Å². The van der Waals surface area contributed by atoms with E-state index in [4.69, 9.17) is 0 Å². The summed E-state index contributed by atoms with van der Waals surface area (Å²) in [6.07, 6.45) is 3.85. The quantitative estimate of drug-likeness (QED) is 0.735. The van der Waals surface area contributed by atoms with Crippen LogP contribution in [0.1, 0.15) is 32.3 Å². The number of thiophene rings is 1. The van der Waals surface area contributed by atoms with Gasteiger partial charge in [0.1, 0.15) is 0 Å². The van der Waals surface area contributed by atoms with E-state index in [1.165, 1.54) is 28.6 Å². The Morgan fingerprint density at radius 1 is 1.58 bits per heavy atom. The third kappa shape index (κ3) is 2.91. The van der Waals surface area contributed by atoms with Crippen molar-refractivity contribution in [1.29, 1.82) is 0 Å². The third-order valence-corrected chi connectivity index (χ3v) is 3.85.